The highest BCUT2D eigenvalue weighted by atomic mass is 28.4. The number of benzene rings is 2. The van der Waals surface area contributed by atoms with Crippen LogP contribution in [0.15, 0.2) is 60.7 Å². The number of aliphatic carboxylic acids is 2. The van der Waals surface area contributed by atoms with E-state index in [9.17, 15) is 19.8 Å². The summed E-state index contributed by atoms with van der Waals surface area (Å²) in [5.74, 6) is -2.56. The summed E-state index contributed by atoms with van der Waals surface area (Å²) in [5.41, 5.74) is -1.72. The van der Waals surface area contributed by atoms with Gasteiger partial charge in [-0.3, -0.25) is 9.59 Å². The number of carboxylic acids is 2. The lowest BCUT2D eigenvalue weighted by atomic mass is 9.85. The Bertz CT molecular complexity index is 821. The Morgan fingerprint density at radius 2 is 1.19 bits per heavy atom. The van der Waals surface area contributed by atoms with E-state index in [1.165, 1.54) is 17.3 Å². The van der Waals surface area contributed by atoms with Crippen LogP contribution in [0.3, 0.4) is 0 Å². The highest BCUT2D eigenvalue weighted by molar-refractivity contribution is 6.99. The molecule has 0 spiro atoms. The van der Waals surface area contributed by atoms with Crippen LogP contribution in [0.1, 0.15) is 59.8 Å². The van der Waals surface area contributed by atoms with Crippen molar-refractivity contribution in [1.82, 2.24) is 0 Å². The summed E-state index contributed by atoms with van der Waals surface area (Å²) in [6.45, 7) is 8.64. The second-order valence-corrected chi connectivity index (χ2v) is 13.9. The molecule has 0 aliphatic heterocycles. The molecular formula is C26H36O5Si. The summed E-state index contributed by atoms with van der Waals surface area (Å²) in [6.07, 6.45) is 3.19. The molecular weight excluding hydrogens is 420 g/mol. The van der Waals surface area contributed by atoms with Crippen molar-refractivity contribution < 1.29 is 24.2 Å². The first-order valence-corrected chi connectivity index (χ1v) is 13.2. The Kier molecular flexibility index (Phi) is 8.81. The Hall–Kier alpha value is -2.44. The summed E-state index contributed by atoms with van der Waals surface area (Å²) < 4.78 is 6.84. The molecule has 32 heavy (non-hydrogen) atoms. The molecule has 0 bridgehead atoms. The highest BCUT2D eigenvalue weighted by Crippen LogP contribution is 2.37. The van der Waals surface area contributed by atoms with Gasteiger partial charge in [-0.15, -0.1) is 0 Å². The van der Waals surface area contributed by atoms with E-state index < -0.39 is 25.7 Å². The molecule has 0 heterocycles. The fourth-order valence-corrected chi connectivity index (χ4v) is 8.83. The van der Waals surface area contributed by atoms with E-state index in [1.807, 2.05) is 12.1 Å². The predicted molar refractivity (Wildman–Crippen MR) is 130 cm³/mol. The molecule has 2 aromatic rings. The van der Waals surface area contributed by atoms with Crippen LogP contribution in [0.2, 0.25) is 5.04 Å². The molecule has 0 saturated carbocycles. The fraction of sp³-hybridized carbons (Fsp3) is 0.462. The minimum absolute atomic E-state index is 0.0690. The van der Waals surface area contributed by atoms with Crippen LogP contribution in [-0.4, -0.2) is 37.1 Å². The maximum absolute atomic E-state index is 11.3. The van der Waals surface area contributed by atoms with Crippen LogP contribution in [-0.2, 0) is 14.0 Å². The third kappa shape index (κ3) is 5.67. The Labute approximate surface area is 192 Å². The fourth-order valence-electron chi connectivity index (χ4n) is 4.23. The van der Waals surface area contributed by atoms with Crippen molar-refractivity contribution >= 4 is 30.6 Å². The zero-order valence-corrected chi connectivity index (χ0v) is 20.6. The van der Waals surface area contributed by atoms with Crippen LogP contribution in [0, 0.1) is 5.41 Å². The number of hydrogen-bond donors (Lipinski definition) is 2. The van der Waals surface area contributed by atoms with Crippen molar-refractivity contribution in [2.75, 3.05) is 6.61 Å². The van der Waals surface area contributed by atoms with E-state index in [0.29, 0.717) is 13.0 Å². The molecule has 0 radical (unpaired) electrons. The SMILES string of the molecule is CC(CCCCCCO[Si](c1ccccc1)(c1ccccc1)C(C)(C)C)(C(=O)O)C(=O)O. The molecule has 0 saturated heterocycles. The van der Waals surface area contributed by atoms with Gasteiger partial charge < -0.3 is 14.6 Å². The molecule has 0 aliphatic carbocycles. The van der Waals surface area contributed by atoms with Crippen LogP contribution in [0.25, 0.3) is 0 Å². The smallest absolute Gasteiger partial charge is 0.320 e. The molecule has 0 amide bonds. The summed E-state index contributed by atoms with van der Waals surface area (Å²) in [4.78, 5) is 22.6. The maximum atomic E-state index is 11.3. The summed E-state index contributed by atoms with van der Waals surface area (Å²) >= 11 is 0. The average molecular weight is 457 g/mol. The summed E-state index contributed by atoms with van der Waals surface area (Å²) in [6, 6.07) is 21.0. The third-order valence-electron chi connectivity index (χ3n) is 6.25. The van der Waals surface area contributed by atoms with Crippen molar-refractivity contribution in [2.24, 2.45) is 5.41 Å². The van der Waals surface area contributed by atoms with Gasteiger partial charge in [-0.25, -0.2) is 0 Å². The zero-order valence-electron chi connectivity index (χ0n) is 19.6. The molecule has 0 aromatic heterocycles. The highest BCUT2D eigenvalue weighted by Gasteiger charge is 2.50. The summed E-state index contributed by atoms with van der Waals surface area (Å²) in [5, 5.41) is 20.9. The van der Waals surface area contributed by atoms with Gasteiger partial charge in [0.25, 0.3) is 8.32 Å². The van der Waals surface area contributed by atoms with Crippen molar-refractivity contribution in [3.8, 4) is 0 Å². The molecule has 5 nitrogen and oxygen atoms in total. The monoisotopic (exact) mass is 456 g/mol. The van der Waals surface area contributed by atoms with E-state index in [4.69, 9.17) is 4.43 Å². The maximum Gasteiger partial charge on any atom is 0.320 e. The second-order valence-electron chi connectivity index (χ2n) is 9.62. The summed E-state index contributed by atoms with van der Waals surface area (Å²) in [7, 11) is -2.53. The quantitative estimate of drug-likeness (QED) is 0.275. The largest absolute Gasteiger partial charge is 0.480 e. The van der Waals surface area contributed by atoms with Gasteiger partial charge in [-0.05, 0) is 35.2 Å². The number of rotatable bonds is 12. The molecule has 174 valence electrons. The zero-order chi connectivity index (χ0) is 23.8. The number of hydrogen-bond acceptors (Lipinski definition) is 3. The van der Waals surface area contributed by atoms with Gasteiger partial charge in [0.2, 0.25) is 0 Å². The first-order chi connectivity index (χ1) is 15.1. The second kappa shape index (κ2) is 10.9. The van der Waals surface area contributed by atoms with Gasteiger partial charge in [-0.2, -0.15) is 0 Å². The average Bonchev–Trinajstić information content (AvgIpc) is 2.75. The van der Waals surface area contributed by atoms with Gasteiger partial charge in [0.05, 0.1) is 0 Å². The minimum Gasteiger partial charge on any atom is -0.480 e. The van der Waals surface area contributed by atoms with Crippen molar-refractivity contribution in [3.63, 3.8) is 0 Å². The van der Waals surface area contributed by atoms with Gasteiger partial charge in [-0.1, -0.05) is 101 Å². The van der Waals surface area contributed by atoms with Gasteiger partial charge in [0.1, 0.15) is 0 Å². The number of unbranched alkanes of at least 4 members (excludes halogenated alkanes) is 3. The molecule has 2 rings (SSSR count). The van der Waals surface area contributed by atoms with Crippen molar-refractivity contribution in [1.29, 1.82) is 0 Å². The topological polar surface area (TPSA) is 83.8 Å². The standard InChI is InChI=1S/C26H36O5Si/c1-25(2,3)32(21-15-9-7-10-16-21,22-17-11-8-12-18-22)31-20-14-6-5-13-19-26(4,23(27)28)24(29)30/h7-12,15-18H,5-6,13-14,19-20H2,1-4H3,(H,27,28)(H,29,30). The van der Waals surface area contributed by atoms with Gasteiger partial charge in [0, 0.05) is 6.61 Å². The molecule has 2 N–H and O–H groups in total. The molecule has 6 heteroatoms. The number of carbonyl (C=O) groups is 2. The Balaban J connectivity index is 2.06. The van der Waals surface area contributed by atoms with Crippen molar-refractivity contribution in [2.45, 2.75) is 64.8 Å². The Morgan fingerprint density at radius 3 is 1.59 bits per heavy atom. The Morgan fingerprint density at radius 1 is 0.750 bits per heavy atom. The van der Waals surface area contributed by atoms with Crippen LogP contribution >= 0.6 is 0 Å². The van der Waals surface area contributed by atoms with E-state index in [2.05, 4.69) is 69.3 Å². The first-order valence-electron chi connectivity index (χ1n) is 11.3. The van der Waals surface area contributed by atoms with E-state index in [0.717, 1.165) is 19.3 Å². The van der Waals surface area contributed by atoms with Crippen LogP contribution < -0.4 is 10.4 Å². The first kappa shape index (κ1) is 25.8. The number of carboxylic acid groups (broad SMARTS) is 2. The normalized spacial score (nSPS) is 12.5. The molecule has 0 atom stereocenters. The lowest BCUT2D eigenvalue weighted by Gasteiger charge is -2.43. The third-order valence-corrected chi connectivity index (χ3v) is 11.3. The molecule has 0 unspecified atom stereocenters. The van der Waals surface area contributed by atoms with Crippen molar-refractivity contribution in [3.05, 3.63) is 60.7 Å². The van der Waals surface area contributed by atoms with Gasteiger partial charge >= 0.3 is 11.9 Å². The lowest BCUT2D eigenvalue weighted by Crippen LogP contribution is -2.66. The molecule has 2 aromatic carbocycles. The van der Waals surface area contributed by atoms with Crippen LogP contribution in [0.5, 0.6) is 0 Å². The molecule has 0 fully saturated rings. The minimum atomic E-state index is -2.53. The van der Waals surface area contributed by atoms with Crippen LogP contribution in [0.4, 0.5) is 0 Å². The van der Waals surface area contributed by atoms with E-state index >= 15 is 0 Å². The van der Waals surface area contributed by atoms with E-state index in [1.54, 1.807) is 0 Å². The lowest BCUT2D eigenvalue weighted by molar-refractivity contribution is -0.163. The van der Waals surface area contributed by atoms with Gasteiger partial charge in [0.15, 0.2) is 5.41 Å². The predicted octanol–water partition coefficient (Wildman–Crippen LogP) is 4.69. The molecule has 0 aliphatic rings. The van der Waals surface area contributed by atoms with E-state index in [-0.39, 0.29) is 11.5 Å².